The maximum atomic E-state index is 5.37. The van der Waals surface area contributed by atoms with E-state index in [0.29, 0.717) is 11.2 Å². The second-order valence-corrected chi connectivity index (χ2v) is 11.0. The molecule has 188 valence electrons. The summed E-state index contributed by atoms with van der Waals surface area (Å²) in [5, 5.41) is 9.20. The Kier molecular flexibility index (Phi) is 9.40. The van der Waals surface area contributed by atoms with Crippen LogP contribution in [0.3, 0.4) is 0 Å². The summed E-state index contributed by atoms with van der Waals surface area (Å²) in [6.07, 6.45) is 4.48. The minimum absolute atomic E-state index is 0.260. The summed E-state index contributed by atoms with van der Waals surface area (Å²) >= 11 is 3.74. The predicted octanol–water partition coefficient (Wildman–Crippen LogP) is 7.31. The van der Waals surface area contributed by atoms with E-state index in [9.17, 15) is 0 Å². The van der Waals surface area contributed by atoms with Crippen LogP contribution >= 0.6 is 23.7 Å². The van der Waals surface area contributed by atoms with E-state index in [1.165, 1.54) is 23.3 Å². The zero-order valence-corrected chi connectivity index (χ0v) is 22.6. The van der Waals surface area contributed by atoms with Crippen LogP contribution < -0.4 is 9.47 Å². The zero-order valence-electron chi connectivity index (χ0n) is 21.0. The van der Waals surface area contributed by atoms with Crippen LogP contribution in [0.5, 0.6) is 11.5 Å². The molecule has 0 saturated carbocycles. The monoisotopic (exact) mass is 513 g/mol. The number of thioether (sulfide) groups is 1. The fourth-order valence-corrected chi connectivity index (χ4v) is 7.12. The maximum absolute atomic E-state index is 5.37. The minimum Gasteiger partial charge on any atom is -0.497 e. The molecule has 2 heterocycles. The van der Waals surface area contributed by atoms with Crippen molar-refractivity contribution >= 4 is 23.7 Å². The molecule has 2 atom stereocenters. The number of methoxy groups -OCH3 is 2. The Balaban J connectivity index is 0.00000141. The summed E-state index contributed by atoms with van der Waals surface area (Å²) in [5.41, 5.74) is 3.43. The number of fused-ring (bicyclic) bond motifs is 1. The van der Waals surface area contributed by atoms with Gasteiger partial charge in [0.25, 0.3) is 0 Å². The number of nitrogens with zero attached hydrogens (tertiary/aromatic N) is 3. The fraction of sp³-hybridized carbons (Fsp3) is 0.481. The van der Waals surface area contributed by atoms with Gasteiger partial charge >= 0.3 is 0 Å². The van der Waals surface area contributed by atoms with E-state index in [1.54, 1.807) is 14.2 Å². The van der Waals surface area contributed by atoms with Gasteiger partial charge in [0.15, 0.2) is 0 Å². The van der Waals surface area contributed by atoms with E-state index in [0.717, 1.165) is 48.8 Å². The third kappa shape index (κ3) is 6.35. The molecule has 0 radical (unpaired) electrons. The third-order valence-electron chi connectivity index (χ3n) is 6.48. The third-order valence-corrected chi connectivity index (χ3v) is 9.13. The molecule has 1 aliphatic heterocycles. The van der Waals surface area contributed by atoms with Crippen molar-refractivity contribution in [1.82, 2.24) is 14.6 Å². The van der Waals surface area contributed by atoms with E-state index in [2.05, 4.69) is 51.0 Å². The molecular formula is C27H35N3O3S2. The summed E-state index contributed by atoms with van der Waals surface area (Å²) < 4.78 is 18.4. The highest BCUT2D eigenvalue weighted by Gasteiger charge is 2.35. The molecule has 2 aromatic carbocycles. The summed E-state index contributed by atoms with van der Waals surface area (Å²) in [7, 11) is 3.41. The highest BCUT2D eigenvalue weighted by molar-refractivity contribution is 7.99. The van der Waals surface area contributed by atoms with Gasteiger partial charge in [0.1, 0.15) is 22.9 Å². The van der Waals surface area contributed by atoms with Crippen LogP contribution in [-0.2, 0) is 0 Å². The van der Waals surface area contributed by atoms with Crippen LogP contribution in [0.15, 0.2) is 58.1 Å². The normalized spacial score (nSPS) is 20.5. The molecule has 1 saturated heterocycles. The second-order valence-electron chi connectivity index (χ2n) is 8.47. The highest BCUT2D eigenvalue weighted by Crippen LogP contribution is 2.50. The standard InChI is InChI=1S/C25H29N3O3S2.C2H6/c1-29-19-8-6-17(7-9-19)18-12-14-28(15-13-18)33-23-11-10-22(24-25(23)27-31-26-24)32-21-5-3-4-20(16-21)30-2;1-2/h3-9,16,18,22-23H,10-15H2,1-2H3;1-2H3. The van der Waals surface area contributed by atoms with Crippen molar-refractivity contribution in [1.29, 1.82) is 0 Å². The van der Waals surface area contributed by atoms with E-state index >= 15 is 0 Å². The first-order chi connectivity index (χ1) is 17.2. The van der Waals surface area contributed by atoms with E-state index in [1.807, 2.05) is 49.7 Å². The highest BCUT2D eigenvalue weighted by atomic mass is 32.2. The van der Waals surface area contributed by atoms with Gasteiger partial charge in [0.05, 0.1) is 24.7 Å². The van der Waals surface area contributed by atoms with Crippen molar-refractivity contribution in [2.75, 3.05) is 27.3 Å². The minimum atomic E-state index is 0.260. The largest absolute Gasteiger partial charge is 0.497 e. The predicted molar refractivity (Wildman–Crippen MR) is 143 cm³/mol. The lowest BCUT2D eigenvalue weighted by atomic mass is 9.90. The van der Waals surface area contributed by atoms with Gasteiger partial charge in [-0.05, 0) is 67.5 Å². The fourth-order valence-electron chi connectivity index (χ4n) is 4.63. The molecule has 2 unspecified atom stereocenters. The number of rotatable bonds is 7. The van der Waals surface area contributed by atoms with Gasteiger partial charge in [-0.15, -0.1) is 11.8 Å². The SMILES string of the molecule is CC.COc1ccc(C2CCN(SC3CCC(Sc4cccc(OC)c4)c4nonc43)CC2)cc1. The van der Waals surface area contributed by atoms with Crippen molar-refractivity contribution < 1.29 is 14.1 Å². The smallest absolute Gasteiger partial charge is 0.123 e. The van der Waals surface area contributed by atoms with Gasteiger partial charge in [0.2, 0.25) is 0 Å². The molecule has 1 aliphatic carbocycles. The number of piperidine rings is 1. The molecule has 3 aromatic rings. The van der Waals surface area contributed by atoms with Crippen LogP contribution in [0.25, 0.3) is 0 Å². The Morgan fingerprint density at radius 2 is 1.49 bits per heavy atom. The Bertz CT molecular complexity index is 1050. The molecule has 0 bridgehead atoms. The number of hydrogen-bond donors (Lipinski definition) is 0. The summed E-state index contributed by atoms with van der Waals surface area (Å²) in [4.78, 5) is 1.18. The molecule has 6 nitrogen and oxygen atoms in total. The van der Waals surface area contributed by atoms with Gasteiger partial charge in [-0.25, -0.2) is 8.93 Å². The number of hydrogen-bond acceptors (Lipinski definition) is 8. The van der Waals surface area contributed by atoms with Crippen LogP contribution in [0, 0.1) is 0 Å². The average molecular weight is 514 g/mol. The van der Waals surface area contributed by atoms with Gasteiger partial charge in [-0.3, -0.25) is 0 Å². The van der Waals surface area contributed by atoms with Gasteiger partial charge in [-0.1, -0.05) is 54.3 Å². The van der Waals surface area contributed by atoms with E-state index < -0.39 is 0 Å². The lowest BCUT2D eigenvalue weighted by Crippen LogP contribution is -2.29. The topological polar surface area (TPSA) is 60.6 Å². The van der Waals surface area contributed by atoms with Crippen LogP contribution in [0.1, 0.15) is 72.9 Å². The first kappa shape index (κ1) is 25.9. The molecular weight excluding hydrogens is 478 g/mol. The van der Waals surface area contributed by atoms with E-state index in [-0.39, 0.29) is 5.25 Å². The summed E-state index contributed by atoms with van der Waals surface area (Å²) in [6.45, 7) is 6.17. The van der Waals surface area contributed by atoms with Crippen molar-refractivity contribution in [3.63, 3.8) is 0 Å². The van der Waals surface area contributed by atoms with Crippen molar-refractivity contribution in [2.45, 2.75) is 60.8 Å². The van der Waals surface area contributed by atoms with Crippen LogP contribution in [-0.4, -0.2) is 41.9 Å². The molecule has 0 N–H and O–H groups in total. The van der Waals surface area contributed by atoms with E-state index in [4.69, 9.17) is 14.1 Å². The van der Waals surface area contributed by atoms with Crippen LogP contribution in [0.2, 0.25) is 0 Å². The molecule has 2 aliphatic rings. The summed E-state index contributed by atoms with van der Waals surface area (Å²) in [5.74, 6) is 2.41. The Morgan fingerprint density at radius 3 is 2.17 bits per heavy atom. The molecule has 0 spiro atoms. The van der Waals surface area contributed by atoms with Crippen molar-refractivity contribution in [2.24, 2.45) is 0 Å². The van der Waals surface area contributed by atoms with Crippen LogP contribution in [0.4, 0.5) is 0 Å². The first-order valence-electron chi connectivity index (χ1n) is 12.4. The van der Waals surface area contributed by atoms with Crippen molar-refractivity contribution in [3.05, 3.63) is 65.5 Å². The lowest BCUT2D eigenvalue weighted by Gasteiger charge is -2.34. The Labute approximate surface area is 217 Å². The Hall–Kier alpha value is -2.16. The first-order valence-corrected chi connectivity index (χ1v) is 14.1. The van der Waals surface area contributed by atoms with Crippen molar-refractivity contribution in [3.8, 4) is 11.5 Å². The number of benzene rings is 2. The zero-order chi connectivity index (χ0) is 24.6. The molecule has 8 heteroatoms. The summed E-state index contributed by atoms with van der Waals surface area (Å²) in [6, 6.07) is 16.7. The number of ether oxygens (including phenoxy) is 2. The maximum Gasteiger partial charge on any atom is 0.123 e. The van der Waals surface area contributed by atoms with Gasteiger partial charge in [-0.2, -0.15) is 0 Å². The quantitative estimate of drug-likeness (QED) is 0.305. The molecule has 5 rings (SSSR count). The lowest BCUT2D eigenvalue weighted by molar-refractivity contribution is 0.300. The molecule has 0 amide bonds. The average Bonchev–Trinajstić information content (AvgIpc) is 3.43. The molecule has 1 aromatic heterocycles. The number of aromatic nitrogens is 2. The van der Waals surface area contributed by atoms with Gasteiger partial charge < -0.3 is 9.47 Å². The second kappa shape index (κ2) is 12.7. The molecule has 35 heavy (non-hydrogen) atoms. The molecule has 1 fully saturated rings. The Morgan fingerprint density at radius 1 is 0.829 bits per heavy atom. The van der Waals surface area contributed by atoms with Gasteiger partial charge in [0, 0.05) is 18.0 Å².